The fourth-order valence-electron chi connectivity index (χ4n) is 2.94. The Labute approximate surface area is 127 Å². The van der Waals surface area contributed by atoms with E-state index in [1.807, 2.05) is 12.4 Å². The Hall–Kier alpha value is -1.20. The Kier molecular flexibility index (Phi) is 6.89. The average molecular weight is 292 g/mol. The minimum atomic E-state index is 0.152. The number of hydrogen-bond acceptors (Lipinski definition) is 5. The van der Waals surface area contributed by atoms with Gasteiger partial charge in [0, 0.05) is 37.1 Å². The second-order valence-corrected chi connectivity index (χ2v) is 5.78. The molecule has 0 bridgehead atoms. The van der Waals surface area contributed by atoms with Crippen molar-refractivity contribution in [3.05, 3.63) is 18.0 Å². The van der Waals surface area contributed by atoms with Crippen LogP contribution in [0.25, 0.3) is 0 Å². The van der Waals surface area contributed by atoms with E-state index in [9.17, 15) is 5.11 Å². The van der Waals surface area contributed by atoms with E-state index in [1.54, 1.807) is 0 Å². The number of nitrogens with one attached hydrogen (secondary N) is 1. The van der Waals surface area contributed by atoms with Crippen LogP contribution in [0.3, 0.4) is 0 Å². The second-order valence-electron chi connectivity index (χ2n) is 5.78. The second kappa shape index (κ2) is 8.95. The molecule has 0 radical (unpaired) electrons. The lowest BCUT2D eigenvalue weighted by Gasteiger charge is -2.34. The molecule has 1 saturated carbocycles. The van der Waals surface area contributed by atoms with Crippen molar-refractivity contribution in [1.29, 1.82) is 0 Å². The van der Waals surface area contributed by atoms with Gasteiger partial charge in [-0.2, -0.15) is 0 Å². The molecular weight excluding hydrogens is 264 g/mol. The molecule has 1 aliphatic carbocycles. The summed E-state index contributed by atoms with van der Waals surface area (Å²) >= 11 is 0. The van der Waals surface area contributed by atoms with Gasteiger partial charge in [-0.1, -0.05) is 26.2 Å². The lowest BCUT2D eigenvalue weighted by atomic mass is 9.94. The Balaban J connectivity index is 1.98. The van der Waals surface area contributed by atoms with Crippen LogP contribution in [0.15, 0.2) is 12.4 Å². The van der Waals surface area contributed by atoms with Gasteiger partial charge in [-0.05, 0) is 25.8 Å². The molecule has 1 heterocycles. The summed E-state index contributed by atoms with van der Waals surface area (Å²) in [6.07, 6.45) is 11.2. The lowest BCUT2D eigenvalue weighted by molar-refractivity contribution is 0.288. The molecule has 1 aromatic rings. The number of rotatable bonds is 8. The number of aliphatic hydroxyl groups excluding tert-OH is 1. The van der Waals surface area contributed by atoms with E-state index in [0.29, 0.717) is 12.6 Å². The lowest BCUT2D eigenvalue weighted by Crippen LogP contribution is -2.40. The van der Waals surface area contributed by atoms with Gasteiger partial charge < -0.3 is 15.3 Å². The van der Waals surface area contributed by atoms with Gasteiger partial charge in [-0.15, -0.1) is 0 Å². The Bertz CT molecular complexity index is 390. The van der Waals surface area contributed by atoms with E-state index in [-0.39, 0.29) is 6.61 Å². The van der Waals surface area contributed by atoms with Crippen LogP contribution in [0.4, 0.5) is 5.95 Å². The fraction of sp³-hybridized carbons (Fsp3) is 0.750. The van der Waals surface area contributed by atoms with Gasteiger partial charge in [0.15, 0.2) is 0 Å². The molecule has 1 fully saturated rings. The largest absolute Gasteiger partial charge is 0.395 e. The highest BCUT2D eigenvalue weighted by Crippen LogP contribution is 2.24. The van der Waals surface area contributed by atoms with Crippen LogP contribution in [-0.2, 0) is 6.54 Å². The predicted octanol–water partition coefficient (Wildman–Crippen LogP) is 2.11. The average Bonchev–Trinajstić information content (AvgIpc) is 2.54. The minimum Gasteiger partial charge on any atom is -0.395 e. The standard InChI is InChI=1S/C16H28N4O/c1-2-8-17-11-14-12-18-16(19-13-14)20(9-10-21)15-6-4-3-5-7-15/h12-13,15,17,21H,2-11H2,1H3. The Morgan fingerprint density at radius 3 is 2.57 bits per heavy atom. The summed E-state index contributed by atoms with van der Waals surface area (Å²) in [5.41, 5.74) is 1.11. The van der Waals surface area contributed by atoms with Gasteiger partial charge >= 0.3 is 0 Å². The molecule has 1 aromatic heterocycles. The van der Waals surface area contributed by atoms with Crippen molar-refractivity contribution >= 4 is 5.95 Å². The zero-order valence-electron chi connectivity index (χ0n) is 13.1. The third-order valence-corrected chi connectivity index (χ3v) is 4.06. The van der Waals surface area contributed by atoms with Crippen molar-refractivity contribution in [3.8, 4) is 0 Å². The molecule has 2 N–H and O–H groups in total. The summed E-state index contributed by atoms with van der Waals surface area (Å²) in [5, 5.41) is 12.7. The quantitative estimate of drug-likeness (QED) is 0.719. The van der Waals surface area contributed by atoms with Crippen LogP contribution in [-0.4, -0.2) is 40.8 Å². The molecule has 0 aromatic carbocycles. The highest BCUT2D eigenvalue weighted by molar-refractivity contribution is 5.32. The predicted molar refractivity (Wildman–Crippen MR) is 85.3 cm³/mol. The van der Waals surface area contributed by atoms with E-state index in [4.69, 9.17) is 0 Å². The van der Waals surface area contributed by atoms with Crippen molar-refractivity contribution in [1.82, 2.24) is 15.3 Å². The third-order valence-electron chi connectivity index (χ3n) is 4.06. The SMILES string of the molecule is CCCNCc1cnc(N(CCO)C2CCCCC2)nc1. The number of aliphatic hydroxyl groups is 1. The van der Waals surface area contributed by atoms with Crippen molar-refractivity contribution in [3.63, 3.8) is 0 Å². The van der Waals surface area contributed by atoms with Crippen LogP contribution in [0.1, 0.15) is 51.0 Å². The van der Waals surface area contributed by atoms with E-state index < -0.39 is 0 Å². The molecule has 21 heavy (non-hydrogen) atoms. The molecule has 0 saturated heterocycles. The molecule has 118 valence electrons. The first-order valence-electron chi connectivity index (χ1n) is 8.24. The van der Waals surface area contributed by atoms with E-state index >= 15 is 0 Å². The molecule has 5 nitrogen and oxygen atoms in total. The summed E-state index contributed by atoms with van der Waals surface area (Å²) < 4.78 is 0. The van der Waals surface area contributed by atoms with Crippen molar-refractivity contribution in [2.75, 3.05) is 24.6 Å². The smallest absolute Gasteiger partial charge is 0.225 e. The fourth-order valence-corrected chi connectivity index (χ4v) is 2.94. The Morgan fingerprint density at radius 1 is 1.24 bits per heavy atom. The molecule has 0 aliphatic heterocycles. The molecule has 0 unspecified atom stereocenters. The van der Waals surface area contributed by atoms with E-state index in [0.717, 1.165) is 31.0 Å². The first kappa shape index (κ1) is 16.2. The minimum absolute atomic E-state index is 0.152. The van der Waals surface area contributed by atoms with Gasteiger partial charge in [0.05, 0.1) is 6.61 Å². The van der Waals surface area contributed by atoms with Gasteiger partial charge in [0.2, 0.25) is 5.95 Å². The molecule has 0 spiro atoms. The first-order valence-corrected chi connectivity index (χ1v) is 8.24. The monoisotopic (exact) mass is 292 g/mol. The first-order chi connectivity index (χ1) is 10.3. The van der Waals surface area contributed by atoms with E-state index in [2.05, 4.69) is 27.1 Å². The van der Waals surface area contributed by atoms with Crippen molar-refractivity contribution < 1.29 is 5.11 Å². The maximum absolute atomic E-state index is 9.32. The number of nitrogens with zero attached hydrogens (tertiary/aromatic N) is 3. The summed E-state index contributed by atoms with van der Waals surface area (Å²) in [6.45, 7) is 4.76. The van der Waals surface area contributed by atoms with Crippen LogP contribution in [0.2, 0.25) is 0 Å². The van der Waals surface area contributed by atoms with Crippen LogP contribution in [0.5, 0.6) is 0 Å². The van der Waals surface area contributed by atoms with Crippen LogP contribution >= 0.6 is 0 Å². The zero-order chi connectivity index (χ0) is 14.9. The number of hydrogen-bond donors (Lipinski definition) is 2. The summed E-state index contributed by atoms with van der Waals surface area (Å²) in [6, 6.07) is 0.481. The number of anilines is 1. The van der Waals surface area contributed by atoms with Gasteiger partial charge in [-0.25, -0.2) is 9.97 Å². The van der Waals surface area contributed by atoms with Gasteiger partial charge in [0.25, 0.3) is 0 Å². The summed E-state index contributed by atoms with van der Waals surface area (Å²) in [4.78, 5) is 11.2. The molecule has 0 atom stereocenters. The van der Waals surface area contributed by atoms with Gasteiger partial charge in [-0.3, -0.25) is 0 Å². The molecule has 2 rings (SSSR count). The highest BCUT2D eigenvalue weighted by atomic mass is 16.3. The number of aromatic nitrogens is 2. The van der Waals surface area contributed by atoms with Crippen LogP contribution in [0, 0.1) is 0 Å². The summed E-state index contributed by atoms with van der Waals surface area (Å²) in [7, 11) is 0. The molecular formula is C16H28N4O. The topological polar surface area (TPSA) is 61.3 Å². The van der Waals surface area contributed by atoms with E-state index in [1.165, 1.54) is 32.1 Å². The highest BCUT2D eigenvalue weighted by Gasteiger charge is 2.22. The third kappa shape index (κ3) is 4.93. The maximum atomic E-state index is 9.32. The van der Waals surface area contributed by atoms with Crippen molar-refractivity contribution in [2.45, 2.75) is 58.0 Å². The maximum Gasteiger partial charge on any atom is 0.225 e. The normalized spacial score (nSPS) is 16.1. The molecule has 5 heteroatoms. The Morgan fingerprint density at radius 2 is 1.95 bits per heavy atom. The summed E-state index contributed by atoms with van der Waals surface area (Å²) in [5.74, 6) is 0.759. The van der Waals surface area contributed by atoms with Gasteiger partial charge in [0.1, 0.15) is 0 Å². The van der Waals surface area contributed by atoms with Crippen molar-refractivity contribution in [2.24, 2.45) is 0 Å². The molecule has 1 aliphatic rings. The zero-order valence-corrected chi connectivity index (χ0v) is 13.1. The molecule has 0 amide bonds. The van der Waals surface area contributed by atoms with Crippen LogP contribution < -0.4 is 10.2 Å².